The zero-order valence-corrected chi connectivity index (χ0v) is 17.0. The Kier molecular flexibility index (Phi) is 17.9. The fourth-order valence-electron chi connectivity index (χ4n) is 0.785. The average Bonchev–Trinajstić information content (AvgIpc) is 2.06. The maximum atomic E-state index is 10.9. The molecule has 1 aromatic carbocycles. The summed E-state index contributed by atoms with van der Waals surface area (Å²) in [4.78, 5) is 9.39. The molecule has 0 amide bonds. The fraction of sp³-hybridized carbons (Fsp3) is 0. The monoisotopic (exact) mass is 347 g/mol. The van der Waals surface area contributed by atoms with E-state index in [0.29, 0.717) is 6.07 Å². The summed E-state index contributed by atoms with van der Waals surface area (Å²) >= 11 is 0. The Bertz CT molecular complexity index is 505. The molecule has 0 saturated carbocycles. The number of nitrogens with zero attached hydrogens (tertiary/aromatic N) is 1. The van der Waals surface area contributed by atoms with Crippen molar-refractivity contribution in [3.8, 4) is 11.5 Å². The summed E-state index contributed by atoms with van der Waals surface area (Å²) in [7, 11) is -5.11. The van der Waals surface area contributed by atoms with Crippen LogP contribution in [0.4, 0.5) is 5.69 Å². The second kappa shape index (κ2) is 11.9. The molecule has 0 aliphatic rings. The summed E-state index contributed by atoms with van der Waals surface area (Å²) in [5, 5.41) is 21.2. The molecule has 0 saturated heterocycles. The zero-order valence-electron chi connectivity index (χ0n) is 9.95. The smallest absolute Gasteiger partial charge is 0.870 e. The van der Waals surface area contributed by atoms with Crippen molar-refractivity contribution in [2.45, 2.75) is 0 Å². The molecule has 0 aliphatic carbocycles. The molecule has 0 unspecified atom stereocenters. The van der Waals surface area contributed by atoms with Crippen molar-refractivity contribution in [2.24, 2.45) is 0 Å². The third kappa shape index (κ3) is 10.7. The molecular formula is C6H7K2NO9S. The predicted octanol–water partition coefficient (Wildman–Crippen LogP) is -8.13. The third-order valence-corrected chi connectivity index (χ3v) is 1.71. The maximum absolute atomic E-state index is 10.9. The second-order valence-electron chi connectivity index (χ2n) is 2.38. The molecule has 0 aliphatic heterocycles. The predicted molar refractivity (Wildman–Crippen MR) is 50.1 cm³/mol. The molecule has 1 aromatic rings. The Morgan fingerprint density at radius 1 is 1.16 bits per heavy atom. The largest absolute Gasteiger partial charge is 1.00 e. The molecule has 13 heteroatoms. The van der Waals surface area contributed by atoms with Crippen molar-refractivity contribution in [3.05, 3.63) is 28.3 Å². The summed E-state index contributed by atoms with van der Waals surface area (Å²) in [5.74, 6) is -1.82. The van der Waals surface area contributed by atoms with Crippen molar-refractivity contribution < 1.29 is 141 Å². The van der Waals surface area contributed by atoms with Crippen LogP contribution in [0.2, 0.25) is 0 Å². The first-order valence-corrected chi connectivity index (χ1v) is 4.74. The van der Waals surface area contributed by atoms with Crippen LogP contribution < -0.4 is 112 Å². The summed E-state index contributed by atoms with van der Waals surface area (Å²) in [6.45, 7) is 0. The van der Waals surface area contributed by atoms with E-state index in [1.54, 1.807) is 0 Å². The molecule has 0 spiro atoms. The van der Waals surface area contributed by atoms with Gasteiger partial charge in [0, 0.05) is 6.07 Å². The van der Waals surface area contributed by atoms with E-state index in [4.69, 9.17) is 0 Å². The van der Waals surface area contributed by atoms with Crippen LogP contribution in [0.25, 0.3) is 0 Å². The Labute approximate surface area is 193 Å². The van der Waals surface area contributed by atoms with Gasteiger partial charge in [-0.05, 0) is 0 Å². The first-order chi connectivity index (χ1) is 6.79. The quantitative estimate of drug-likeness (QED) is 0.170. The van der Waals surface area contributed by atoms with Crippen LogP contribution in [0.15, 0.2) is 18.2 Å². The molecule has 0 aromatic heterocycles. The molecule has 0 heterocycles. The van der Waals surface area contributed by atoms with Crippen LogP contribution in [0.3, 0.4) is 0 Å². The minimum absolute atomic E-state index is 0. The number of nitro groups is 1. The normalized spacial score (nSPS) is 8.68. The van der Waals surface area contributed by atoms with Gasteiger partial charge in [0.05, 0.1) is 11.0 Å². The van der Waals surface area contributed by atoms with Crippen LogP contribution in [-0.2, 0) is 10.4 Å². The summed E-state index contributed by atoms with van der Waals surface area (Å²) < 4.78 is 34.2. The van der Waals surface area contributed by atoms with E-state index in [1.807, 2.05) is 0 Å². The van der Waals surface area contributed by atoms with E-state index in [1.165, 1.54) is 0 Å². The van der Waals surface area contributed by atoms with Crippen LogP contribution >= 0.6 is 0 Å². The number of nitro benzene ring substituents is 1. The van der Waals surface area contributed by atoms with Gasteiger partial charge in [0.2, 0.25) is 0 Å². The van der Waals surface area contributed by atoms with Gasteiger partial charge in [-0.3, -0.25) is 10.1 Å². The van der Waals surface area contributed by atoms with Gasteiger partial charge in [-0.15, -0.1) is 0 Å². The minimum Gasteiger partial charge on any atom is -0.870 e. The van der Waals surface area contributed by atoms with Gasteiger partial charge in [0.25, 0.3) is 16.1 Å². The SMILES string of the molecule is O.O.O=[N+]([O-])c1ccc([O-])c(OS(=O)(=O)[O-])c1.[K+].[K+]. The standard InChI is InChI=1S/C6H5NO7S.2K.2H2O/c8-5-2-1-4(7(9)10)3-6(5)14-15(11,12)13;;;;/h1-3,8H,(H,11,12,13);;;2*1H2/q;2*+1;;/p-2. The summed E-state index contributed by atoms with van der Waals surface area (Å²) in [6.07, 6.45) is 0. The van der Waals surface area contributed by atoms with Gasteiger partial charge in [0.1, 0.15) is 5.75 Å². The maximum Gasteiger partial charge on any atom is 1.00 e. The van der Waals surface area contributed by atoms with E-state index in [-0.39, 0.29) is 114 Å². The number of non-ortho nitro benzene ring substituents is 1. The van der Waals surface area contributed by atoms with E-state index < -0.39 is 32.5 Å². The van der Waals surface area contributed by atoms with Crippen molar-refractivity contribution >= 4 is 16.1 Å². The Morgan fingerprint density at radius 2 is 1.63 bits per heavy atom. The van der Waals surface area contributed by atoms with Crippen LogP contribution in [-0.4, -0.2) is 28.8 Å². The van der Waals surface area contributed by atoms with Crippen LogP contribution in [0.5, 0.6) is 11.5 Å². The molecule has 4 N–H and O–H groups in total. The van der Waals surface area contributed by atoms with Gasteiger partial charge >= 0.3 is 103 Å². The number of rotatable bonds is 3. The van der Waals surface area contributed by atoms with Crippen molar-refractivity contribution in [1.29, 1.82) is 0 Å². The molecule has 10 nitrogen and oxygen atoms in total. The zero-order chi connectivity index (χ0) is 11.6. The average molecular weight is 347 g/mol. The molecule has 19 heavy (non-hydrogen) atoms. The van der Waals surface area contributed by atoms with Gasteiger partial charge in [-0.25, -0.2) is 8.42 Å². The first-order valence-electron chi connectivity index (χ1n) is 3.40. The van der Waals surface area contributed by atoms with Crippen molar-refractivity contribution in [3.63, 3.8) is 0 Å². The molecule has 0 atom stereocenters. The van der Waals surface area contributed by atoms with E-state index in [2.05, 4.69) is 4.18 Å². The number of hydrogen-bond acceptors (Lipinski definition) is 7. The topological polar surface area (TPSA) is 196 Å². The van der Waals surface area contributed by atoms with Crippen LogP contribution in [0.1, 0.15) is 0 Å². The van der Waals surface area contributed by atoms with Gasteiger partial charge in [-0.2, -0.15) is 0 Å². The van der Waals surface area contributed by atoms with Crippen molar-refractivity contribution in [2.75, 3.05) is 0 Å². The van der Waals surface area contributed by atoms with E-state index in [0.717, 1.165) is 12.1 Å². The summed E-state index contributed by atoms with van der Waals surface area (Å²) in [5.41, 5.74) is -0.548. The van der Waals surface area contributed by atoms with E-state index >= 15 is 0 Å². The van der Waals surface area contributed by atoms with E-state index in [9.17, 15) is 28.2 Å². The first kappa shape index (κ1) is 28.5. The summed E-state index contributed by atoms with van der Waals surface area (Å²) in [6, 6.07) is 2.17. The molecule has 0 bridgehead atoms. The van der Waals surface area contributed by atoms with Gasteiger partial charge in [0.15, 0.2) is 0 Å². The van der Waals surface area contributed by atoms with Crippen LogP contribution in [0, 0.1) is 10.1 Å². The molecular weight excluding hydrogens is 340 g/mol. The van der Waals surface area contributed by atoms with Gasteiger partial charge in [-0.1, -0.05) is 11.8 Å². The second-order valence-corrected chi connectivity index (χ2v) is 3.36. The molecule has 0 radical (unpaired) electrons. The molecule has 98 valence electrons. The third-order valence-electron chi connectivity index (χ3n) is 1.33. The molecule has 0 fully saturated rings. The Morgan fingerprint density at radius 3 is 2.00 bits per heavy atom. The number of hydrogen-bond donors (Lipinski definition) is 0. The Balaban J connectivity index is -0.000000281. The van der Waals surface area contributed by atoms with Crippen molar-refractivity contribution in [1.82, 2.24) is 0 Å². The van der Waals surface area contributed by atoms with Gasteiger partial charge < -0.3 is 24.8 Å². The number of benzene rings is 1. The molecule has 1 rings (SSSR count). The minimum atomic E-state index is -5.11. The Hall–Kier alpha value is 1.32. The fourth-order valence-corrected chi connectivity index (χ4v) is 1.14.